The van der Waals surface area contributed by atoms with Crippen LogP contribution in [0.5, 0.6) is 0 Å². The van der Waals surface area contributed by atoms with Crippen LogP contribution in [-0.2, 0) is 6.54 Å². The maximum Gasteiger partial charge on any atom is 0.0366 e. The van der Waals surface area contributed by atoms with Gasteiger partial charge in [-0.2, -0.15) is 0 Å². The van der Waals surface area contributed by atoms with Crippen LogP contribution in [-0.4, -0.2) is 19.1 Å². The van der Waals surface area contributed by atoms with E-state index in [-0.39, 0.29) is 0 Å². The van der Waals surface area contributed by atoms with Gasteiger partial charge in [0.25, 0.3) is 0 Å². The summed E-state index contributed by atoms with van der Waals surface area (Å²) in [6, 6.07) is 9.99. The Morgan fingerprint density at radius 3 is 2.58 bits per heavy atom. The van der Waals surface area contributed by atoms with Crippen molar-refractivity contribution >= 4 is 5.69 Å². The van der Waals surface area contributed by atoms with Crippen molar-refractivity contribution in [1.29, 1.82) is 0 Å². The third kappa shape index (κ3) is 3.73. The van der Waals surface area contributed by atoms with Gasteiger partial charge in [-0.1, -0.05) is 19.1 Å². The van der Waals surface area contributed by atoms with Crippen molar-refractivity contribution in [1.82, 2.24) is 5.32 Å². The molecule has 2 heteroatoms. The van der Waals surface area contributed by atoms with Crippen LogP contribution in [0.1, 0.15) is 44.6 Å². The van der Waals surface area contributed by atoms with E-state index >= 15 is 0 Å². The summed E-state index contributed by atoms with van der Waals surface area (Å²) in [4.78, 5) is 2.56. The van der Waals surface area contributed by atoms with E-state index in [1.54, 1.807) is 0 Å². The van der Waals surface area contributed by atoms with Crippen molar-refractivity contribution in [3.8, 4) is 0 Å². The quantitative estimate of drug-likeness (QED) is 0.888. The predicted octanol–water partition coefficient (Wildman–Crippen LogP) is 3.57. The molecule has 1 aliphatic heterocycles. The van der Waals surface area contributed by atoms with E-state index in [1.165, 1.54) is 56.4 Å². The van der Waals surface area contributed by atoms with Crippen molar-refractivity contribution in [3.63, 3.8) is 0 Å². The van der Waals surface area contributed by atoms with Gasteiger partial charge in [0.2, 0.25) is 0 Å². The standard InChI is InChI=1S/C17H26N2/c1-14-3-2-11-19(12-10-14)17-8-4-15(5-9-17)13-18-16-6-7-16/h4-5,8-9,14,16,18H,2-3,6-7,10-13H2,1H3. The van der Waals surface area contributed by atoms with Crippen LogP contribution in [0.2, 0.25) is 0 Å². The molecule has 1 unspecified atom stereocenters. The third-order valence-electron chi connectivity index (χ3n) is 4.49. The van der Waals surface area contributed by atoms with Crippen LogP contribution in [0, 0.1) is 5.92 Å². The third-order valence-corrected chi connectivity index (χ3v) is 4.49. The summed E-state index contributed by atoms with van der Waals surface area (Å²) in [5, 5.41) is 3.57. The van der Waals surface area contributed by atoms with Crippen LogP contribution < -0.4 is 10.2 Å². The van der Waals surface area contributed by atoms with Gasteiger partial charge in [0.1, 0.15) is 0 Å². The SMILES string of the molecule is CC1CCCN(c2ccc(CNC3CC3)cc2)CC1. The van der Waals surface area contributed by atoms with Gasteiger partial charge in [0.05, 0.1) is 0 Å². The molecule has 0 spiro atoms. The lowest BCUT2D eigenvalue weighted by atomic mass is 10.0. The second-order valence-corrected chi connectivity index (χ2v) is 6.34. The first-order valence-electron chi connectivity index (χ1n) is 7.88. The van der Waals surface area contributed by atoms with Gasteiger partial charge >= 0.3 is 0 Å². The van der Waals surface area contributed by atoms with E-state index in [0.29, 0.717) is 0 Å². The Morgan fingerprint density at radius 2 is 1.84 bits per heavy atom. The number of hydrogen-bond acceptors (Lipinski definition) is 2. The van der Waals surface area contributed by atoms with Gasteiger partial charge in [-0.15, -0.1) is 0 Å². The van der Waals surface area contributed by atoms with E-state index in [4.69, 9.17) is 0 Å². The Hall–Kier alpha value is -1.02. The Morgan fingerprint density at radius 1 is 1.05 bits per heavy atom. The largest absolute Gasteiger partial charge is 0.372 e. The molecule has 0 aromatic heterocycles. The first-order valence-corrected chi connectivity index (χ1v) is 7.88. The van der Waals surface area contributed by atoms with Gasteiger partial charge in [-0.05, 0) is 55.7 Å². The van der Waals surface area contributed by atoms with Crippen molar-refractivity contribution in [2.45, 2.75) is 51.6 Å². The maximum atomic E-state index is 3.57. The molecule has 1 N–H and O–H groups in total. The summed E-state index contributed by atoms with van der Waals surface area (Å²) < 4.78 is 0. The molecule has 1 aliphatic carbocycles. The predicted molar refractivity (Wildman–Crippen MR) is 81.5 cm³/mol. The average Bonchev–Trinajstić information content (AvgIpc) is 3.25. The highest BCUT2D eigenvalue weighted by molar-refractivity contribution is 5.47. The fraction of sp³-hybridized carbons (Fsp3) is 0.647. The molecular weight excluding hydrogens is 232 g/mol. The normalized spacial score (nSPS) is 24.3. The lowest BCUT2D eigenvalue weighted by Crippen LogP contribution is -2.24. The highest BCUT2D eigenvalue weighted by Crippen LogP contribution is 2.23. The number of nitrogens with one attached hydrogen (secondary N) is 1. The molecule has 3 rings (SSSR count). The Kier molecular flexibility index (Phi) is 4.07. The minimum Gasteiger partial charge on any atom is -0.372 e. The van der Waals surface area contributed by atoms with Crippen LogP contribution in [0.3, 0.4) is 0 Å². The molecule has 0 amide bonds. The maximum absolute atomic E-state index is 3.57. The second-order valence-electron chi connectivity index (χ2n) is 6.34. The van der Waals surface area contributed by atoms with Gasteiger partial charge in [-0.25, -0.2) is 0 Å². The molecule has 0 bridgehead atoms. The Labute approximate surface area is 117 Å². The number of nitrogens with zero attached hydrogens (tertiary/aromatic N) is 1. The van der Waals surface area contributed by atoms with Crippen LogP contribution in [0.15, 0.2) is 24.3 Å². The molecule has 1 saturated carbocycles. The smallest absolute Gasteiger partial charge is 0.0366 e. The zero-order valence-corrected chi connectivity index (χ0v) is 12.1. The summed E-state index contributed by atoms with van der Waals surface area (Å²) in [6.45, 7) is 5.86. The van der Waals surface area contributed by atoms with Crippen LogP contribution in [0.25, 0.3) is 0 Å². The van der Waals surface area contributed by atoms with Gasteiger partial charge in [-0.3, -0.25) is 0 Å². The average molecular weight is 258 g/mol. The summed E-state index contributed by atoms with van der Waals surface area (Å²) in [7, 11) is 0. The van der Waals surface area contributed by atoms with E-state index < -0.39 is 0 Å². The fourth-order valence-corrected chi connectivity index (χ4v) is 2.90. The first kappa shape index (κ1) is 13.0. The lowest BCUT2D eigenvalue weighted by Gasteiger charge is -2.23. The van der Waals surface area contributed by atoms with Crippen molar-refractivity contribution in [3.05, 3.63) is 29.8 Å². The molecule has 104 valence electrons. The molecule has 2 fully saturated rings. The molecule has 2 aliphatic rings. The molecule has 0 radical (unpaired) electrons. The van der Waals surface area contributed by atoms with Gasteiger partial charge < -0.3 is 10.2 Å². The molecule has 2 nitrogen and oxygen atoms in total. The van der Waals surface area contributed by atoms with Crippen LogP contribution in [0.4, 0.5) is 5.69 Å². The zero-order valence-electron chi connectivity index (χ0n) is 12.1. The number of hydrogen-bond donors (Lipinski definition) is 1. The van der Waals surface area contributed by atoms with Crippen molar-refractivity contribution in [2.75, 3.05) is 18.0 Å². The molecule has 1 atom stereocenters. The zero-order chi connectivity index (χ0) is 13.1. The minimum absolute atomic E-state index is 0.798. The van der Waals surface area contributed by atoms with E-state index in [9.17, 15) is 0 Å². The Balaban J connectivity index is 1.57. The number of rotatable bonds is 4. The highest BCUT2D eigenvalue weighted by atomic mass is 15.1. The Bertz CT molecular complexity index is 394. The molecular formula is C17H26N2. The summed E-state index contributed by atoms with van der Waals surface area (Å²) in [6.07, 6.45) is 6.80. The minimum atomic E-state index is 0.798. The highest BCUT2D eigenvalue weighted by Gasteiger charge is 2.20. The van der Waals surface area contributed by atoms with Crippen LogP contribution >= 0.6 is 0 Å². The van der Waals surface area contributed by atoms with Crippen molar-refractivity contribution < 1.29 is 0 Å². The van der Waals surface area contributed by atoms with Gasteiger partial charge in [0, 0.05) is 31.4 Å². The topological polar surface area (TPSA) is 15.3 Å². The second kappa shape index (κ2) is 5.96. The molecule has 1 saturated heterocycles. The fourth-order valence-electron chi connectivity index (χ4n) is 2.90. The van der Waals surface area contributed by atoms with E-state index in [1.807, 2.05) is 0 Å². The molecule has 1 heterocycles. The van der Waals surface area contributed by atoms with Crippen molar-refractivity contribution in [2.24, 2.45) is 5.92 Å². The molecule has 1 aromatic carbocycles. The lowest BCUT2D eigenvalue weighted by molar-refractivity contribution is 0.521. The van der Waals surface area contributed by atoms with E-state index in [2.05, 4.69) is 41.4 Å². The first-order chi connectivity index (χ1) is 9.31. The number of benzene rings is 1. The van der Waals surface area contributed by atoms with E-state index in [0.717, 1.165) is 18.5 Å². The summed E-state index contributed by atoms with van der Waals surface area (Å²) in [5.41, 5.74) is 2.82. The molecule has 1 aromatic rings. The summed E-state index contributed by atoms with van der Waals surface area (Å²) >= 11 is 0. The summed E-state index contributed by atoms with van der Waals surface area (Å²) in [5.74, 6) is 0.895. The monoisotopic (exact) mass is 258 g/mol. The number of anilines is 1. The van der Waals surface area contributed by atoms with Gasteiger partial charge in [0.15, 0.2) is 0 Å². The molecule has 19 heavy (non-hydrogen) atoms.